The summed E-state index contributed by atoms with van der Waals surface area (Å²) < 4.78 is 0. The lowest BCUT2D eigenvalue weighted by Crippen LogP contribution is -2.31. The Balaban J connectivity index is 1.77. The van der Waals surface area contributed by atoms with Crippen LogP contribution in [0.25, 0.3) is 0 Å². The molecule has 0 amide bonds. The molecule has 0 nitrogen and oxygen atoms in total. The minimum absolute atomic E-state index is 0.494. The van der Waals surface area contributed by atoms with Gasteiger partial charge in [-0.15, -0.1) is 0 Å². The molecule has 1 fully saturated rings. The molecule has 0 aromatic heterocycles. The van der Waals surface area contributed by atoms with Crippen molar-refractivity contribution in [2.75, 3.05) is 0 Å². The highest BCUT2D eigenvalue weighted by atomic mass is 32.2. The van der Waals surface area contributed by atoms with Gasteiger partial charge in [-0.1, -0.05) is 55.8 Å². The Bertz CT molecular complexity index is 434. The van der Waals surface area contributed by atoms with E-state index in [0.29, 0.717) is 5.41 Å². The Morgan fingerprint density at radius 1 is 1.11 bits per heavy atom. The summed E-state index contributed by atoms with van der Waals surface area (Å²) in [4.78, 5) is 2.99. The van der Waals surface area contributed by atoms with Crippen LogP contribution in [0.15, 0.2) is 46.2 Å². The summed E-state index contributed by atoms with van der Waals surface area (Å²) in [5.41, 5.74) is 0.494. The van der Waals surface area contributed by atoms with Gasteiger partial charge < -0.3 is 0 Å². The van der Waals surface area contributed by atoms with Crippen molar-refractivity contribution in [2.45, 2.75) is 50.3 Å². The minimum atomic E-state index is 0.494. The normalized spacial score (nSPS) is 31.6. The molecule has 0 radical (unpaired) electrons. The maximum atomic E-state index is 2.61. The van der Waals surface area contributed by atoms with E-state index in [2.05, 4.69) is 43.3 Å². The molecule has 0 aliphatic heterocycles. The van der Waals surface area contributed by atoms with Gasteiger partial charge >= 0.3 is 0 Å². The smallest absolute Gasteiger partial charge is 0.0118 e. The van der Waals surface area contributed by atoms with E-state index in [0.717, 1.165) is 5.92 Å². The number of rotatable bonds is 2. The summed E-state index contributed by atoms with van der Waals surface area (Å²) in [6.07, 6.45) is 11.0. The van der Waals surface area contributed by atoms with Crippen LogP contribution in [0.4, 0.5) is 0 Å². The van der Waals surface area contributed by atoms with Crippen molar-refractivity contribution in [1.82, 2.24) is 0 Å². The molecule has 1 saturated carbocycles. The van der Waals surface area contributed by atoms with Crippen molar-refractivity contribution in [3.8, 4) is 0 Å². The van der Waals surface area contributed by atoms with E-state index in [1.165, 1.54) is 43.4 Å². The van der Waals surface area contributed by atoms with Crippen molar-refractivity contribution >= 4 is 11.8 Å². The molecule has 0 heterocycles. The fourth-order valence-electron chi connectivity index (χ4n) is 3.57. The average Bonchev–Trinajstić information content (AvgIpc) is 2.39. The molecule has 2 atom stereocenters. The van der Waals surface area contributed by atoms with E-state index in [1.807, 2.05) is 11.8 Å². The zero-order chi connectivity index (χ0) is 12.4. The van der Waals surface area contributed by atoms with Crippen LogP contribution in [0, 0.1) is 11.3 Å². The van der Waals surface area contributed by atoms with Crippen LogP contribution in [-0.4, -0.2) is 0 Å². The lowest BCUT2D eigenvalue weighted by Gasteiger charge is -2.43. The first-order chi connectivity index (χ1) is 8.76. The molecule has 2 aliphatic rings. The van der Waals surface area contributed by atoms with Crippen molar-refractivity contribution in [3.63, 3.8) is 0 Å². The fourth-order valence-corrected chi connectivity index (χ4v) is 4.72. The lowest BCUT2D eigenvalue weighted by atomic mass is 9.63. The molecule has 3 rings (SSSR count). The Labute approximate surface area is 115 Å². The van der Waals surface area contributed by atoms with E-state index in [9.17, 15) is 0 Å². The van der Waals surface area contributed by atoms with E-state index in [-0.39, 0.29) is 0 Å². The van der Waals surface area contributed by atoms with Crippen LogP contribution >= 0.6 is 11.8 Å². The van der Waals surface area contributed by atoms with E-state index in [1.54, 1.807) is 4.91 Å². The summed E-state index contributed by atoms with van der Waals surface area (Å²) in [6, 6.07) is 10.8. The second-order valence-electron chi connectivity index (χ2n) is 6.01. The third-order valence-electron chi connectivity index (χ3n) is 4.67. The summed E-state index contributed by atoms with van der Waals surface area (Å²) in [6.45, 7) is 2.49. The van der Waals surface area contributed by atoms with Gasteiger partial charge in [0, 0.05) is 4.90 Å². The monoisotopic (exact) mass is 258 g/mol. The number of hydrogen-bond donors (Lipinski definition) is 0. The average molecular weight is 258 g/mol. The second-order valence-corrected chi connectivity index (χ2v) is 7.21. The predicted molar refractivity (Wildman–Crippen MR) is 79.7 cm³/mol. The summed E-state index contributed by atoms with van der Waals surface area (Å²) in [7, 11) is 0. The molecule has 1 heteroatoms. The van der Waals surface area contributed by atoms with E-state index >= 15 is 0 Å². The number of benzene rings is 1. The minimum Gasteiger partial charge on any atom is -0.0949 e. The number of allylic oxidation sites excluding steroid dienone is 2. The second kappa shape index (κ2) is 5.13. The van der Waals surface area contributed by atoms with Gasteiger partial charge in [-0.25, -0.2) is 0 Å². The molecule has 18 heavy (non-hydrogen) atoms. The molecule has 0 N–H and O–H groups in total. The SMILES string of the molecule is C[C@]12C=C(Sc3ccccc3)CC[C@@H]1CCCC2. The number of hydrogen-bond acceptors (Lipinski definition) is 1. The molecular formula is C17H22S. The van der Waals surface area contributed by atoms with Crippen molar-refractivity contribution in [3.05, 3.63) is 41.3 Å². The molecule has 2 aliphatic carbocycles. The van der Waals surface area contributed by atoms with Gasteiger partial charge in [0.1, 0.15) is 0 Å². The standard InChI is InChI=1S/C17H22S/c1-17-12-6-5-7-14(17)10-11-16(13-17)18-15-8-3-2-4-9-15/h2-4,8-9,13-14H,5-7,10-12H2,1H3/t14-,17-/m0/s1. The number of thioether (sulfide) groups is 1. The van der Waals surface area contributed by atoms with Crippen molar-refractivity contribution in [1.29, 1.82) is 0 Å². The first-order valence-electron chi connectivity index (χ1n) is 7.21. The fraction of sp³-hybridized carbons (Fsp3) is 0.529. The van der Waals surface area contributed by atoms with Crippen molar-refractivity contribution in [2.24, 2.45) is 11.3 Å². The van der Waals surface area contributed by atoms with Gasteiger partial charge in [-0.05, 0) is 54.1 Å². The quantitative estimate of drug-likeness (QED) is 0.660. The van der Waals surface area contributed by atoms with Gasteiger partial charge in [-0.2, -0.15) is 0 Å². The van der Waals surface area contributed by atoms with Crippen LogP contribution in [0.2, 0.25) is 0 Å². The summed E-state index contributed by atoms with van der Waals surface area (Å²) in [5.74, 6) is 0.950. The highest BCUT2D eigenvalue weighted by molar-refractivity contribution is 8.03. The first kappa shape index (κ1) is 12.3. The molecule has 0 bridgehead atoms. The predicted octanol–water partition coefficient (Wildman–Crippen LogP) is 5.65. The van der Waals surface area contributed by atoms with Gasteiger partial charge in [0.2, 0.25) is 0 Å². The van der Waals surface area contributed by atoms with Crippen LogP contribution in [0.5, 0.6) is 0 Å². The van der Waals surface area contributed by atoms with E-state index in [4.69, 9.17) is 0 Å². The van der Waals surface area contributed by atoms with Gasteiger partial charge in [-0.3, -0.25) is 0 Å². The Morgan fingerprint density at radius 2 is 1.94 bits per heavy atom. The van der Waals surface area contributed by atoms with Gasteiger partial charge in [0.25, 0.3) is 0 Å². The Hall–Kier alpha value is -0.690. The molecular weight excluding hydrogens is 236 g/mol. The largest absolute Gasteiger partial charge is 0.0949 e. The third-order valence-corrected chi connectivity index (χ3v) is 5.76. The summed E-state index contributed by atoms with van der Waals surface area (Å²) in [5, 5.41) is 0. The molecule has 0 spiro atoms. The number of fused-ring (bicyclic) bond motifs is 1. The highest BCUT2D eigenvalue weighted by Gasteiger charge is 2.37. The molecule has 0 saturated heterocycles. The molecule has 1 aromatic carbocycles. The van der Waals surface area contributed by atoms with Crippen LogP contribution in [0.1, 0.15) is 45.4 Å². The Kier molecular flexibility index (Phi) is 3.52. The first-order valence-corrected chi connectivity index (χ1v) is 8.03. The van der Waals surface area contributed by atoms with Crippen LogP contribution in [-0.2, 0) is 0 Å². The van der Waals surface area contributed by atoms with Crippen molar-refractivity contribution < 1.29 is 0 Å². The third kappa shape index (κ3) is 2.51. The van der Waals surface area contributed by atoms with Crippen LogP contribution < -0.4 is 0 Å². The topological polar surface area (TPSA) is 0 Å². The molecule has 0 unspecified atom stereocenters. The highest BCUT2D eigenvalue weighted by Crippen LogP contribution is 2.50. The maximum absolute atomic E-state index is 2.61. The Morgan fingerprint density at radius 3 is 2.78 bits per heavy atom. The molecule has 1 aromatic rings. The summed E-state index contributed by atoms with van der Waals surface area (Å²) >= 11 is 1.98. The van der Waals surface area contributed by atoms with Gasteiger partial charge in [0.05, 0.1) is 0 Å². The zero-order valence-corrected chi connectivity index (χ0v) is 12.0. The van der Waals surface area contributed by atoms with Gasteiger partial charge in [0.15, 0.2) is 0 Å². The zero-order valence-electron chi connectivity index (χ0n) is 11.2. The lowest BCUT2D eigenvalue weighted by molar-refractivity contribution is 0.152. The molecule has 96 valence electrons. The maximum Gasteiger partial charge on any atom is 0.0118 e. The van der Waals surface area contributed by atoms with Crippen LogP contribution in [0.3, 0.4) is 0 Å². The van der Waals surface area contributed by atoms with E-state index < -0.39 is 0 Å².